The minimum atomic E-state index is -0.718. The molecular weight excluding hydrogens is 602 g/mol. The molecule has 0 atom stereocenters. The number of hydrogen-bond donors (Lipinski definition) is 0. The largest absolute Gasteiger partial charge is 0.493 e. The molecule has 11 nitrogen and oxygen atoms in total. The van der Waals surface area contributed by atoms with Gasteiger partial charge in [0.05, 0.1) is 34.0 Å². The van der Waals surface area contributed by atoms with Crippen molar-refractivity contribution >= 4 is 45.8 Å². The summed E-state index contributed by atoms with van der Waals surface area (Å²) in [4.78, 5) is 41.5. The Balaban J connectivity index is 1.66. The van der Waals surface area contributed by atoms with E-state index in [1.165, 1.54) is 65.7 Å². The number of carbonyl (C=O) groups excluding carboxylic acids is 3. The van der Waals surface area contributed by atoms with Gasteiger partial charge in [-0.05, 0) is 54.6 Å². The highest BCUT2D eigenvalue weighted by Crippen LogP contribution is 2.39. The van der Waals surface area contributed by atoms with Crippen molar-refractivity contribution in [3.63, 3.8) is 0 Å². The average molecular weight is 626 g/mol. The molecular formula is C29H24BrNO10. The number of ether oxygens (including phenoxy) is 7. The maximum atomic E-state index is 13.1. The van der Waals surface area contributed by atoms with Gasteiger partial charge in [0.2, 0.25) is 11.6 Å². The number of benzene rings is 3. The molecule has 12 heteroatoms. The van der Waals surface area contributed by atoms with Crippen molar-refractivity contribution in [2.45, 2.75) is 6.92 Å². The molecule has 0 saturated carbocycles. The van der Waals surface area contributed by atoms with E-state index in [1.54, 1.807) is 24.3 Å². The molecule has 0 saturated heterocycles. The third-order valence-corrected chi connectivity index (χ3v) is 6.15. The first-order valence-corrected chi connectivity index (χ1v) is 12.7. The number of methoxy groups -OCH3 is 4. The number of halogens is 1. The van der Waals surface area contributed by atoms with Crippen molar-refractivity contribution in [1.82, 2.24) is 0 Å². The van der Waals surface area contributed by atoms with Crippen molar-refractivity contribution in [2.75, 3.05) is 28.4 Å². The van der Waals surface area contributed by atoms with Gasteiger partial charge >= 0.3 is 17.9 Å². The van der Waals surface area contributed by atoms with Gasteiger partial charge in [-0.2, -0.15) is 0 Å². The molecule has 0 unspecified atom stereocenters. The Kier molecular flexibility index (Phi) is 8.93. The topological polar surface area (TPSA) is 128 Å². The third-order valence-electron chi connectivity index (χ3n) is 5.65. The lowest BCUT2D eigenvalue weighted by Crippen LogP contribution is -2.10. The quantitative estimate of drug-likeness (QED) is 0.182. The van der Waals surface area contributed by atoms with Crippen LogP contribution < -0.4 is 28.4 Å². The summed E-state index contributed by atoms with van der Waals surface area (Å²) in [5.41, 5.74) is 0.900. The van der Waals surface area contributed by atoms with E-state index < -0.39 is 17.9 Å². The monoisotopic (exact) mass is 625 g/mol. The number of cyclic esters (lactones) is 1. The second-order valence-corrected chi connectivity index (χ2v) is 9.20. The zero-order valence-electron chi connectivity index (χ0n) is 22.6. The van der Waals surface area contributed by atoms with Gasteiger partial charge in [-0.15, -0.1) is 0 Å². The highest BCUT2D eigenvalue weighted by atomic mass is 79.9. The van der Waals surface area contributed by atoms with Crippen molar-refractivity contribution in [1.29, 1.82) is 0 Å². The van der Waals surface area contributed by atoms with Crippen LogP contribution in [0.4, 0.5) is 0 Å². The minimum absolute atomic E-state index is 0.0138. The molecule has 0 radical (unpaired) electrons. The van der Waals surface area contributed by atoms with Gasteiger partial charge in [-0.25, -0.2) is 14.6 Å². The van der Waals surface area contributed by atoms with E-state index in [9.17, 15) is 14.4 Å². The molecule has 0 aliphatic carbocycles. The highest BCUT2D eigenvalue weighted by Gasteiger charge is 2.26. The summed E-state index contributed by atoms with van der Waals surface area (Å²) >= 11 is 3.40. The SMILES string of the molecule is COc1cc(C2=N/C(=C\c3cc(Br)ccc3OC(=O)c3cc(OC)c(OC)c(OC)c3)C(=O)O2)ccc1OC(C)=O. The summed E-state index contributed by atoms with van der Waals surface area (Å²) in [6.07, 6.45) is 1.43. The maximum absolute atomic E-state index is 13.1. The Labute approximate surface area is 243 Å². The van der Waals surface area contributed by atoms with E-state index in [0.29, 0.717) is 21.3 Å². The average Bonchev–Trinajstić information content (AvgIpc) is 3.32. The molecule has 212 valence electrons. The fourth-order valence-corrected chi connectivity index (χ4v) is 4.18. The zero-order chi connectivity index (χ0) is 29.7. The number of rotatable bonds is 9. The molecule has 3 aromatic carbocycles. The van der Waals surface area contributed by atoms with Crippen molar-refractivity contribution in [3.8, 4) is 34.5 Å². The first kappa shape index (κ1) is 29.2. The second kappa shape index (κ2) is 12.6. The van der Waals surface area contributed by atoms with Crippen LogP contribution in [0.2, 0.25) is 0 Å². The lowest BCUT2D eigenvalue weighted by Gasteiger charge is -2.14. The molecule has 4 rings (SSSR count). The summed E-state index contributed by atoms with van der Waals surface area (Å²) in [6, 6.07) is 12.4. The van der Waals surface area contributed by atoms with E-state index in [0.717, 1.165) is 0 Å². The Bertz CT molecular complexity index is 1570. The van der Waals surface area contributed by atoms with Crippen LogP contribution in [-0.2, 0) is 14.3 Å². The predicted octanol–water partition coefficient (Wildman–Crippen LogP) is 4.97. The van der Waals surface area contributed by atoms with E-state index in [-0.39, 0.29) is 45.9 Å². The smallest absolute Gasteiger partial charge is 0.363 e. The number of esters is 3. The van der Waals surface area contributed by atoms with Crippen LogP contribution in [0.15, 0.2) is 63.7 Å². The van der Waals surface area contributed by atoms with Gasteiger partial charge in [0.25, 0.3) is 0 Å². The first-order chi connectivity index (χ1) is 19.7. The van der Waals surface area contributed by atoms with Crippen LogP contribution in [0.3, 0.4) is 0 Å². The summed E-state index contributed by atoms with van der Waals surface area (Å²) in [6.45, 7) is 1.27. The third kappa shape index (κ3) is 6.49. The summed E-state index contributed by atoms with van der Waals surface area (Å²) in [7, 11) is 5.74. The van der Waals surface area contributed by atoms with Gasteiger partial charge in [0, 0.05) is 22.5 Å². The summed E-state index contributed by atoms with van der Waals surface area (Å²) in [5, 5.41) is 0. The van der Waals surface area contributed by atoms with Gasteiger partial charge < -0.3 is 33.2 Å². The summed E-state index contributed by atoms with van der Waals surface area (Å²) < 4.78 is 38.0. The minimum Gasteiger partial charge on any atom is -0.493 e. The number of aliphatic imine (C=N–C) groups is 1. The first-order valence-electron chi connectivity index (χ1n) is 11.9. The summed E-state index contributed by atoms with van der Waals surface area (Å²) in [5.74, 6) is -0.416. The molecule has 1 aliphatic heterocycles. The van der Waals surface area contributed by atoms with Gasteiger partial charge in [0.1, 0.15) is 5.75 Å². The Morgan fingerprint density at radius 1 is 0.805 bits per heavy atom. The van der Waals surface area contributed by atoms with Crippen LogP contribution in [0.1, 0.15) is 28.4 Å². The van der Waals surface area contributed by atoms with Gasteiger partial charge in [0.15, 0.2) is 28.7 Å². The molecule has 0 aromatic heterocycles. The van der Waals surface area contributed by atoms with Crippen LogP contribution in [0, 0.1) is 0 Å². The van der Waals surface area contributed by atoms with E-state index in [1.807, 2.05) is 0 Å². The molecule has 0 fully saturated rings. The van der Waals surface area contributed by atoms with Crippen LogP contribution in [-0.4, -0.2) is 52.2 Å². The molecule has 1 aliphatic rings. The fourth-order valence-electron chi connectivity index (χ4n) is 3.80. The van der Waals surface area contributed by atoms with Crippen molar-refractivity contribution in [2.24, 2.45) is 4.99 Å². The van der Waals surface area contributed by atoms with Crippen LogP contribution in [0.5, 0.6) is 34.5 Å². The zero-order valence-corrected chi connectivity index (χ0v) is 24.2. The number of carbonyl (C=O) groups is 3. The number of hydrogen-bond acceptors (Lipinski definition) is 11. The molecule has 3 aromatic rings. The standard InChI is InChI=1S/C29H24BrNO10/c1-15(32)39-22-8-6-16(12-23(22)35-2)27-31-20(29(34)41-27)11-17-10-19(30)7-9-21(17)40-28(33)18-13-24(36-3)26(38-5)25(14-18)37-4/h6-14H,1-5H3/b20-11-. The fraction of sp³-hybridized carbons (Fsp3) is 0.172. The maximum Gasteiger partial charge on any atom is 0.363 e. The molecule has 0 N–H and O–H groups in total. The Hall–Kier alpha value is -4.84. The Morgan fingerprint density at radius 2 is 1.46 bits per heavy atom. The van der Waals surface area contributed by atoms with Gasteiger partial charge in [-0.1, -0.05) is 15.9 Å². The van der Waals surface area contributed by atoms with Crippen molar-refractivity contribution < 1.29 is 47.5 Å². The lowest BCUT2D eigenvalue weighted by molar-refractivity contribution is -0.132. The van der Waals surface area contributed by atoms with E-state index in [4.69, 9.17) is 33.2 Å². The lowest BCUT2D eigenvalue weighted by atomic mass is 10.1. The molecule has 1 heterocycles. The molecule has 0 bridgehead atoms. The number of nitrogens with zero attached hydrogens (tertiary/aromatic N) is 1. The molecule has 0 spiro atoms. The van der Waals surface area contributed by atoms with E-state index >= 15 is 0 Å². The highest BCUT2D eigenvalue weighted by molar-refractivity contribution is 9.10. The van der Waals surface area contributed by atoms with Crippen molar-refractivity contribution in [3.05, 3.63) is 75.4 Å². The Morgan fingerprint density at radius 3 is 2.07 bits per heavy atom. The van der Waals surface area contributed by atoms with Crippen LogP contribution in [0.25, 0.3) is 6.08 Å². The van der Waals surface area contributed by atoms with Crippen LogP contribution >= 0.6 is 15.9 Å². The molecule has 41 heavy (non-hydrogen) atoms. The molecule has 0 amide bonds. The predicted molar refractivity (Wildman–Crippen MR) is 150 cm³/mol. The van der Waals surface area contributed by atoms with E-state index in [2.05, 4.69) is 20.9 Å². The normalized spacial score (nSPS) is 13.3. The second-order valence-electron chi connectivity index (χ2n) is 8.28. The van der Waals surface area contributed by atoms with Gasteiger partial charge in [-0.3, -0.25) is 4.79 Å².